The second-order valence-corrected chi connectivity index (χ2v) is 7.96. The Kier molecular flexibility index (Phi) is 6.89. The third kappa shape index (κ3) is 4.85. The van der Waals surface area contributed by atoms with Crippen LogP contribution in [0.1, 0.15) is 12.5 Å². The SMILES string of the molecule is CC#CCn1c(N2CCNCC2)nc2nc(Oc3cccc(OC(=O)C(F)(F)F)c3C)n(C)c(=O)c21. The molecule has 36 heavy (non-hydrogen) atoms. The molecule has 4 rings (SSSR count). The van der Waals surface area contributed by atoms with Crippen molar-refractivity contribution < 1.29 is 27.4 Å². The molecule has 1 aliphatic rings. The number of hydrogen-bond donors (Lipinski definition) is 1. The monoisotopic (exact) mass is 504 g/mol. The molecule has 190 valence electrons. The first-order valence-electron chi connectivity index (χ1n) is 11.0. The summed E-state index contributed by atoms with van der Waals surface area (Å²) in [7, 11) is 1.46. The Balaban J connectivity index is 1.75. The highest BCUT2D eigenvalue weighted by Crippen LogP contribution is 2.32. The number of carbonyl (C=O) groups is 1. The molecule has 0 spiro atoms. The Hall–Kier alpha value is -4.05. The van der Waals surface area contributed by atoms with E-state index in [4.69, 9.17) is 4.74 Å². The maximum absolute atomic E-state index is 13.3. The summed E-state index contributed by atoms with van der Waals surface area (Å²) in [4.78, 5) is 35.7. The number of ether oxygens (including phenoxy) is 2. The van der Waals surface area contributed by atoms with E-state index in [-0.39, 0.29) is 40.8 Å². The lowest BCUT2D eigenvalue weighted by Gasteiger charge is -2.28. The first-order valence-corrected chi connectivity index (χ1v) is 11.0. The zero-order valence-electron chi connectivity index (χ0n) is 19.8. The van der Waals surface area contributed by atoms with Gasteiger partial charge in [0.25, 0.3) is 5.56 Å². The molecule has 0 atom stereocenters. The van der Waals surface area contributed by atoms with Gasteiger partial charge in [-0.3, -0.25) is 13.9 Å². The Morgan fingerprint density at radius 2 is 1.89 bits per heavy atom. The van der Waals surface area contributed by atoms with E-state index in [0.717, 1.165) is 13.1 Å². The lowest BCUT2D eigenvalue weighted by atomic mass is 10.2. The number of carbonyl (C=O) groups excluding carboxylic acids is 1. The number of benzene rings is 1. The minimum atomic E-state index is -5.15. The second kappa shape index (κ2) is 9.90. The van der Waals surface area contributed by atoms with E-state index in [9.17, 15) is 22.8 Å². The molecule has 0 unspecified atom stereocenters. The van der Waals surface area contributed by atoms with E-state index in [2.05, 4.69) is 31.9 Å². The smallest absolute Gasteiger partial charge is 0.425 e. The highest BCUT2D eigenvalue weighted by atomic mass is 19.4. The van der Waals surface area contributed by atoms with Crippen molar-refractivity contribution in [2.75, 3.05) is 31.1 Å². The number of aromatic nitrogens is 4. The molecule has 1 aliphatic heterocycles. The van der Waals surface area contributed by atoms with Crippen molar-refractivity contribution in [3.05, 3.63) is 34.1 Å². The van der Waals surface area contributed by atoms with Crippen LogP contribution in [0.4, 0.5) is 19.1 Å². The van der Waals surface area contributed by atoms with Gasteiger partial charge in [0.15, 0.2) is 11.2 Å². The molecule has 1 saturated heterocycles. The van der Waals surface area contributed by atoms with Crippen molar-refractivity contribution >= 4 is 23.1 Å². The van der Waals surface area contributed by atoms with Gasteiger partial charge in [0.1, 0.15) is 11.5 Å². The number of nitrogens with one attached hydrogen (secondary N) is 1. The molecule has 0 amide bonds. The van der Waals surface area contributed by atoms with Gasteiger partial charge in [0.05, 0.1) is 6.54 Å². The number of esters is 1. The number of piperazine rings is 1. The van der Waals surface area contributed by atoms with Gasteiger partial charge in [-0.1, -0.05) is 12.0 Å². The molecule has 3 heterocycles. The number of halogens is 3. The molecular formula is C23H23F3N6O4. The quantitative estimate of drug-likeness (QED) is 0.320. The summed E-state index contributed by atoms with van der Waals surface area (Å²) in [6, 6.07) is 3.89. The first-order chi connectivity index (χ1) is 17.1. The van der Waals surface area contributed by atoms with E-state index < -0.39 is 17.7 Å². The molecule has 1 fully saturated rings. The maximum atomic E-state index is 13.3. The zero-order chi connectivity index (χ0) is 26.0. The molecule has 0 aliphatic carbocycles. The van der Waals surface area contributed by atoms with Gasteiger partial charge in [0, 0.05) is 38.8 Å². The summed E-state index contributed by atoms with van der Waals surface area (Å²) in [6.45, 7) is 6.27. The van der Waals surface area contributed by atoms with Crippen molar-refractivity contribution in [2.24, 2.45) is 7.05 Å². The molecular weight excluding hydrogens is 481 g/mol. The largest absolute Gasteiger partial charge is 0.491 e. The molecule has 2 aromatic heterocycles. The summed E-state index contributed by atoms with van der Waals surface area (Å²) in [5, 5.41) is 3.27. The number of alkyl halides is 3. The number of hydrogen-bond acceptors (Lipinski definition) is 8. The fourth-order valence-corrected chi connectivity index (χ4v) is 3.71. The van der Waals surface area contributed by atoms with E-state index in [1.54, 1.807) is 11.5 Å². The molecule has 1 aromatic carbocycles. The van der Waals surface area contributed by atoms with Crippen LogP contribution in [0.5, 0.6) is 17.5 Å². The van der Waals surface area contributed by atoms with E-state index in [1.807, 2.05) is 4.90 Å². The number of rotatable bonds is 5. The van der Waals surface area contributed by atoms with Crippen molar-refractivity contribution in [1.82, 2.24) is 24.4 Å². The Bertz CT molecular complexity index is 1430. The van der Waals surface area contributed by atoms with E-state index in [0.29, 0.717) is 19.0 Å². The van der Waals surface area contributed by atoms with Crippen LogP contribution in [0.25, 0.3) is 11.2 Å². The van der Waals surface area contributed by atoms with Gasteiger partial charge in [-0.25, -0.2) is 4.79 Å². The number of fused-ring (bicyclic) bond motifs is 1. The zero-order valence-corrected chi connectivity index (χ0v) is 19.8. The third-order valence-corrected chi connectivity index (χ3v) is 5.61. The van der Waals surface area contributed by atoms with Crippen molar-refractivity contribution in [1.29, 1.82) is 0 Å². The average molecular weight is 504 g/mol. The summed E-state index contributed by atoms with van der Waals surface area (Å²) in [5.74, 6) is 3.73. The average Bonchev–Trinajstić information content (AvgIpc) is 3.21. The predicted molar refractivity (Wildman–Crippen MR) is 124 cm³/mol. The molecule has 0 bridgehead atoms. The van der Waals surface area contributed by atoms with Gasteiger partial charge < -0.3 is 19.7 Å². The summed E-state index contributed by atoms with van der Waals surface area (Å²) >= 11 is 0. The Labute approximate surface area is 203 Å². The molecule has 1 N–H and O–H groups in total. The van der Waals surface area contributed by atoms with Gasteiger partial charge in [0.2, 0.25) is 5.95 Å². The fourth-order valence-electron chi connectivity index (χ4n) is 3.71. The summed E-state index contributed by atoms with van der Waals surface area (Å²) < 4.78 is 51.0. The topological polar surface area (TPSA) is 104 Å². The fraction of sp³-hybridized carbons (Fsp3) is 0.391. The highest BCUT2D eigenvalue weighted by Gasteiger charge is 2.41. The minimum Gasteiger partial charge on any atom is -0.425 e. The van der Waals surface area contributed by atoms with Crippen LogP contribution < -0.4 is 25.2 Å². The number of nitrogens with zero attached hydrogens (tertiary/aromatic N) is 5. The molecule has 3 aromatic rings. The van der Waals surface area contributed by atoms with E-state index in [1.165, 1.54) is 36.7 Å². The van der Waals surface area contributed by atoms with Crippen LogP contribution in [0.3, 0.4) is 0 Å². The normalized spacial score (nSPS) is 13.9. The molecule has 10 nitrogen and oxygen atoms in total. The minimum absolute atomic E-state index is 0.0583. The maximum Gasteiger partial charge on any atom is 0.491 e. The number of anilines is 1. The second-order valence-electron chi connectivity index (χ2n) is 7.96. The van der Waals surface area contributed by atoms with Crippen LogP contribution in [-0.2, 0) is 18.4 Å². The molecule has 0 saturated carbocycles. The lowest BCUT2D eigenvalue weighted by Crippen LogP contribution is -2.44. The number of imidazole rings is 1. The first kappa shape index (κ1) is 25.1. The third-order valence-electron chi connectivity index (χ3n) is 5.61. The van der Waals surface area contributed by atoms with Crippen LogP contribution >= 0.6 is 0 Å². The van der Waals surface area contributed by atoms with Crippen molar-refractivity contribution in [3.8, 4) is 29.4 Å². The van der Waals surface area contributed by atoms with Gasteiger partial charge in [-0.15, -0.1) is 5.92 Å². The van der Waals surface area contributed by atoms with Crippen LogP contribution in [0.15, 0.2) is 23.0 Å². The lowest BCUT2D eigenvalue weighted by molar-refractivity contribution is -0.189. The predicted octanol–water partition coefficient (Wildman–Crippen LogP) is 2.13. The standard InChI is InChI=1S/C23H23F3N6O4/c1-4-5-11-32-17-18(28-21(32)31-12-9-27-10-13-31)29-22(30(3)19(17)33)36-16-8-6-7-15(14(16)2)35-20(34)23(24,25)26/h6-8,27H,9-13H2,1-3H3. The van der Waals surface area contributed by atoms with E-state index >= 15 is 0 Å². The van der Waals surface area contributed by atoms with Gasteiger partial charge in [-0.05, 0) is 26.0 Å². The van der Waals surface area contributed by atoms with Crippen LogP contribution in [0, 0.1) is 18.8 Å². The Morgan fingerprint density at radius 1 is 1.19 bits per heavy atom. The van der Waals surface area contributed by atoms with Gasteiger partial charge >= 0.3 is 18.2 Å². The summed E-state index contributed by atoms with van der Waals surface area (Å²) in [6.07, 6.45) is -5.15. The van der Waals surface area contributed by atoms with Crippen molar-refractivity contribution in [3.63, 3.8) is 0 Å². The Morgan fingerprint density at radius 3 is 2.56 bits per heavy atom. The molecule has 13 heteroatoms. The van der Waals surface area contributed by atoms with Gasteiger partial charge in [-0.2, -0.15) is 23.1 Å². The van der Waals surface area contributed by atoms with Crippen molar-refractivity contribution in [2.45, 2.75) is 26.6 Å². The highest BCUT2D eigenvalue weighted by molar-refractivity contribution is 5.78. The summed E-state index contributed by atoms with van der Waals surface area (Å²) in [5.41, 5.74) is 0.0938. The van der Waals surface area contributed by atoms with Crippen LogP contribution in [0.2, 0.25) is 0 Å². The van der Waals surface area contributed by atoms with Crippen LogP contribution in [-0.4, -0.2) is 57.4 Å². The molecule has 0 radical (unpaired) electrons.